The average molecular weight is 702 g/mol. The van der Waals surface area contributed by atoms with Crippen molar-refractivity contribution in [3.63, 3.8) is 0 Å². The van der Waals surface area contributed by atoms with Gasteiger partial charge in [0.25, 0.3) is 0 Å². The van der Waals surface area contributed by atoms with E-state index >= 15 is 0 Å². The van der Waals surface area contributed by atoms with Crippen LogP contribution in [0.15, 0.2) is 48.8 Å². The average Bonchev–Trinajstić information content (AvgIpc) is 3.48. The first kappa shape index (κ1) is 36.6. The predicted octanol–water partition coefficient (Wildman–Crippen LogP) is 6.47. The number of alkyl halides is 3. The fourth-order valence-corrected chi connectivity index (χ4v) is 6.75. The quantitative estimate of drug-likeness (QED) is 0.121. The van der Waals surface area contributed by atoms with Crippen LogP contribution >= 0.6 is 0 Å². The number of amides is 3. The van der Waals surface area contributed by atoms with E-state index in [9.17, 15) is 32.3 Å². The first-order valence-corrected chi connectivity index (χ1v) is 16.6. The molecule has 1 aliphatic carbocycles. The van der Waals surface area contributed by atoms with E-state index < -0.39 is 66.2 Å². The molecule has 3 heterocycles. The lowest BCUT2D eigenvalue weighted by Crippen LogP contribution is -2.50. The van der Waals surface area contributed by atoms with Crippen LogP contribution in [0.4, 0.5) is 22.8 Å². The third-order valence-electron chi connectivity index (χ3n) is 9.10. The molecular weight excluding hydrogens is 659 g/mol. The number of fused-ring (bicyclic) bond motifs is 1. The van der Waals surface area contributed by atoms with Crippen molar-refractivity contribution in [2.24, 2.45) is 11.3 Å². The third-order valence-corrected chi connectivity index (χ3v) is 9.10. The number of imidazole rings is 1. The molecule has 1 saturated carbocycles. The van der Waals surface area contributed by atoms with Gasteiger partial charge < -0.3 is 19.5 Å². The SMILES string of the molecule is COC(=O)C1(Cc2cnn3cc([C@@H](NC(=O)OCc4ccccc4)C4CCCCCC4)nc3c2)C[C@@H](C(F)(F)F)N(C(=O)OC(C)(C)C)C1=O. The zero-order chi connectivity index (χ0) is 36.3. The van der Waals surface area contributed by atoms with Gasteiger partial charge in [0.05, 0.1) is 31.2 Å². The number of carbonyl (C=O) groups excluding carboxylic acids is 4. The molecule has 3 aromatic rings. The molecule has 5 rings (SSSR count). The topological polar surface area (TPSA) is 141 Å². The van der Waals surface area contributed by atoms with E-state index in [0.29, 0.717) is 5.69 Å². The van der Waals surface area contributed by atoms with Crippen LogP contribution in [0.3, 0.4) is 0 Å². The normalized spacial score (nSPS) is 21.1. The summed E-state index contributed by atoms with van der Waals surface area (Å²) in [5.74, 6) is -2.54. The van der Waals surface area contributed by atoms with Crippen molar-refractivity contribution < 1.29 is 46.6 Å². The Morgan fingerprint density at radius 3 is 2.34 bits per heavy atom. The van der Waals surface area contributed by atoms with Gasteiger partial charge in [-0.2, -0.15) is 18.3 Å². The number of hydrogen-bond acceptors (Lipinski definition) is 9. The van der Waals surface area contributed by atoms with Gasteiger partial charge in [0, 0.05) is 6.42 Å². The minimum Gasteiger partial charge on any atom is -0.468 e. The van der Waals surface area contributed by atoms with Crippen LogP contribution < -0.4 is 5.32 Å². The van der Waals surface area contributed by atoms with Crippen molar-refractivity contribution in [1.82, 2.24) is 24.8 Å². The smallest absolute Gasteiger partial charge is 0.417 e. The fraction of sp³-hybridized carbons (Fsp3) is 0.543. The van der Waals surface area contributed by atoms with Crippen molar-refractivity contribution in [1.29, 1.82) is 0 Å². The van der Waals surface area contributed by atoms with Crippen LogP contribution in [0.5, 0.6) is 0 Å². The van der Waals surface area contributed by atoms with Crippen molar-refractivity contribution in [2.45, 2.75) is 103 Å². The number of methoxy groups -OCH3 is 1. The fourth-order valence-electron chi connectivity index (χ4n) is 6.75. The first-order chi connectivity index (χ1) is 23.6. The maximum atomic E-state index is 14.3. The van der Waals surface area contributed by atoms with Crippen LogP contribution in [0.2, 0.25) is 0 Å². The number of nitrogens with zero attached hydrogens (tertiary/aromatic N) is 4. The van der Waals surface area contributed by atoms with Gasteiger partial charge in [-0.3, -0.25) is 9.59 Å². The Hall–Kier alpha value is -4.69. The number of esters is 1. The molecule has 2 aliphatic rings. The number of likely N-dealkylation sites (tertiary alicyclic amines) is 1. The number of halogens is 3. The number of aromatic nitrogens is 3. The summed E-state index contributed by atoms with van der Waals surface area (Å²) in [4.78, 5) is 57.6. The largest absolute Gasteiger partial charge is 0.468 e. The molecule has 1 N–H and O–H groups in total. The maximum Gasteiger partial charge on any atom is 0.417 e. The van der Waals surface area contributed by atoms with Crippen LogP contribution in [0.1, 0.15) is 88.6 Å². The van der Waals surface area contributed by atoms with Gasteiger partial charge in [0.1, 0.15) is 18.2 Å². The Morgan fingerprint density at radius 2 is 1.72 bits per heavy atom. The zero-order valence-corrected chi connectivity index (χ0v) is 28.5. The van der Waals surface area contributed by atoms with E-state index in [1.807, 2.05) is 30.3 Å². The van der Waals surface area contributed by atoms with Gasteiger partial charge >= 0.3 is 24.3 Å². The van der Waals surface area contributed by atoms with Crippen molar-refractivity contribution in [3.05, 3.63) is 65.6 Å². The summed E-state index contributed by atoms with van der Waals surface area (Å²) < 4.78 is 59.9. The van der Waals surface area contributed by atoms with Gasteiger partial charge in [0.2, 0.25) is 5.91 Å². The Kier molecular flexibility index (Phi) is 10.7. The summed E-state index contributed by atoms with van der Waals surface area (Å²) in [5.41, 5.74) is -1.78. The van der Waals surface area contributed by atoms with Gasteiger partial charge in [-0.25, -0.2) is 24.0 Å². The van der Waals surface area contributed by atoms with E-state index in [-0.39, 0.29) is 28.6 Å². The summed E-state index contributed by atoms with van der Waals surface area (Å²) in [6, 6.07) is 7.64. The lowest BCUT2D eigenvalue weighted by atomic mass is 9.79. The molecule has 2 fully saturated rings. The highest BCUT2D eigenvalue weighted by Crippen LogP contribution is 2.46. The number of ether oxygens (including phenoxy) is 3. The van der Waals surface area contributed by atoms with E-state index in [4.69, 9.17) is 19.2 Å². The van der Waals surface area contributed by atoms with Crippen molar-refractivity contribution >= 4 is 29.7 Å². The molecule has 50 heavy (non-hydrogen) atoms. The molecule has 0 spiro atoms. The molecular formula is C35H42F3N5O7. The molecule has 3 amide bonds. The van der Waals surface area contributed by atoms with E-state index in [2.05, 4.69) is 10.4 Å². The summed E-state index contributed by atoms with van der Waals surface area (Å²) in [6.45, 7) is 4.43. The minimum absolute atomic E-state index is 0.0262. The summed E-state index contributed by atoms with van der Waals surface area (Å²) >= 11 is 0. The molecule has 0 radical (unpaired) electrons. The van der Waals surface area contributed by atoms with Gasteiger partial charge in [-0.05, 0) is 63.1 Å². The number of imide groups is 1. The lowest BCUT2D eigenvalue weighted by molar-refractivity contribution is -0.177. The molecule has 0 bridgehead atoms. The first-order valence-electron chi connectivity index (χ1n) is 16.6. The van der Waals surface area contributed by atoms with Crippen LogP contribution in [0, 0.1) is 11.3 Å². The second-order valence-corrected chi connectivity index (χ2v) is 13.9. The molecule has 15 heteroatoms. The maximum absolute atomic E-state index is 14.3. The number of hydrogen-bond donors (Lipinski definition) is 1. The Balaban J connectivity index is 1.44. The minimum atomic E-state index is -5.05. The molecule has 1 unspecified atom stereocenters. The van der Waals surface area contributed by atoms with Gasteiger partial charge in [0.15, 0.2) is 11.1 Å². The highest BCUT2D eigenvalue weighted by molar-refractivity contribution is 6.10. The van der Waals surface area contributed by atoms with E-state index in [1.165, 1.54) is 37.5 Å². The monoisotopic (exact) mass is 701 g/mol. The van der Waals surface area contributed by atoms with E-state index in [1.54, 1.807) is 6.20 Å². The van der Waals surface area contributed by atoms with Crippen molar-refractivity contribution in [3.8, 4) is 0 Å². The number of benzene rings is 1. The summed E-state index contributed by atoms with van der Waals surface area (Å²) in [5, 5.41) is 7.37. The summed E-state index contributed by atoms with van der Waals surface area (Å²) in [7, 11) is 0.962. The third kappa shape index (κ3) is 8.19. The lowest BCUT2D eigenvalue weighted by Gasteiger charge is -2.28. The molecule has 3 atom stereocenters. The standard InChI is InChI=1S/C35H42F3N5O7/c1-33(2,3)50-32(47)43-26(35(36,37)38)18-34(29(43)44,30(45)48-4)17-23-16-27-40-25(20-42(27)39-19-23)28(24-14-10-5-6-11-15-24)41-31(46)49-21-22-12-8-7-9-13-22/h7-9,12-13,16,19-20,24,26,28H,5-6,10-11,14-15,17-18,21H2,1-4H3,(H,41,46)/t26-,28-,34?/m0/s1. The molecule has 1 saturated heterocycles. The Labute approximate surface area is 287 Å². The van der Waals surface area contributed by atoms with Crippen molar-refractivity contribution in [2.75, 3.05) is 7.11 Å². The molecule has 1 aliphatic heterocycles. The molecule has 1 aromatic carbocycles. The number of carbonyl (C=O) groups is 4. The van der Waals surface area contributed by atoms with Gasteiger partial charge in [-0.15, -0.1) is 0 Å². The molecule has 2 aromatic heterocycles. The highest BCUT2D eigenvalue weighted by atomic mass is 19.4. The number of alkyl carbamates (subject to hydrolysis) is 1. The van der Waals surface area contributed by atoms with Crippen LogP contribution in [-0.4, -0.2) is 68.5 Å². The Bertz CT molecular complexity index is 1700. The molecule has 270 valence electrons. The zero-order valence-electron chi connectivity index (χ0n) is 28.5. The second kappa shape index (κ2) is 14.7. The number of rotatable bonds is 8. The van der Waals surface area contributed by atoms with Crippen LogP contribution in [-0.2, 0) is 36.8 Å². The second-order valence-electron chi connectivity index (χ2n) is 13.9. The Morgan fingerprint density at radius 1 is 1.04 bits per heavy atom. The summed E-state index contributed by atoms with van der Waals surface area (Å²) in [6.07, 6.45) is 0.0393. The van der Waals surface area contributed by atoms with Crippen LogP contribution in [0.25, 0.3) is 5.65 Å². The highest BCUT2D eigenvalue weighted by Gasteiger charge is 2.66. The number of nitrogens with one attached hydrogen (secondary N) is 1. The molecule has 12 nitrogen and oxygen atoms in total. The van der Waals surface area contributed by atoms with Gasteiger partial charge in [-0.1, -0.05) is 56.0 Å². The van der Waals surface area contributed by atoms with E-state index in [0.717, 1.165) is 51.2 Å². The predicted molar refractivity (Wildman–Crippen MR) is 172 cm³/mol.